The minimum Gasteiger partial charge on any atom is -0.341 e. The molecule has 2 amide bonds. The van der Waals surface area contributed by atoms with E-state index in [1.807, 2.05) is 36.9 Å². The van der Waals surface area contributed by atoms with E-state index in [-0.39, 0.29) is 30.1 Å². The van der Waals surface area contributed by atoms with Gasteiger partial charge in [-0.15, -0.1) is 0 Å². The van der Waals surface area contributed by atoms with Crippen molar-refractivity contribution in [1.29, 1.82) is 0 Å². The minimum atomic E-state index is -2.70. The van der Waals surface area contributed by atoms with E-state index in [1.54, 1.807) is 4.90 Å². The van der Waals surface area contributed by atoms with Gasteiger partial charge in [0, 0.05) is 68.5 Å². The highest BCUT2D eigenvalue weighted by atomic mass is 35.5. The molecule has 6 rings (SSSR count). The molecule has 2 unspecified atom stereocenters. The third-order valence-corrected chi connectivity index (χ3v) is 9.61. The largest absolute Gasteiger partial charge is 0.341 e. The van der Waals surface area contributed by atoms with Gasteiger partial charge in [-0.2, -0.15) is 0 Å². The summed E-state index contributed by atoms with van der Waals surface area (Å²) in [6, 6.07) is 7.81. The number of aromatic nitrogens is 2. The van der Waals surface area contributed by atoms with Gasteiger partial charge in [0.25, 0.3) is 5.91 Å². The first kappa shape index (κ1) is 26.6. The van der Waals surface area contributed by atoms with Gasteiger partial charge in [-0.25, -0.2) is 18.7 Å². The zero-order valence-electron chi connectivity index (χ0n) is 22.4. The summed E-state index contributed by atoms with van der Waals surface area (Å²) >= 11 is 6.32. The summed E-state index contributed by atoms with van der Waals surface area (Å²) in [4.78, 5) is 40.7. The Morgan fingerprint density at radius 1 is 1.00 bits per heavy atom. The zero-order valence-corrected chi connectivity index (χ0v) is 23.1. The van der Waals surface area contributed by atoms with Gasteiger partial charge in [-0.3, -0.25) is 9.59 Å². The van der Waals surface area contributed by atoms with E-state index >= 15 is 0 Å². The van der Waals surface area contributed by atoms with Crippen molar-refractivity contribution in [1.82, 2.24) is 24.7 Å². The zero-order chi connectivity index (χ0) is 27.5. The summed E-state index contributed by atoms with van der Waals surface area (Å²) in [5.41, 5.74) is 2.93. The van der Waals surface area contributed by atoms with Gasteiger partial charge in [0.2, 0.25) is 11.8 Å². The first-order valence-corrected chi connectivity index (χ1v) is 14.1. The normalized spacial score (nSPS) is 25.8. The Morgan fingerprint density at radius 3 is 2.23 bits per heavy atom. The fraction of sp³-hybridized carbons (Fsp3) is 0.586. The highest BCUT2D eigenvalue weighted by Gasteiger charge is 2.54. The summed E-state index contributed by atoms with van der Waals surface area (Å²) in [6.45, 7) is 9.00. The van der Waals surface area contributed by atoms with Crippen LogP contribution < -0.4 is 0 Å². The Hall–Kier alpha value is -2.65. The molecule has 1 aliphatic carbocycles. The number of fused-ring (bicyclic) bond motifs is 1. The van der Waals surface area contributed by atoms with Crippen LogP contribution in [0.3, 0.4) is 0 Å². The number of rotatable bonds is 6. The molecule has 4 fully saturated rings. The lowest BCUT2D eigenvalue weighted by molar-refractivity contribution is -0.167. The SMILES string of the molecule is Cc1ncnc(C)c1C(=O)N1CC2CN(CCC3(c4cccc(Cl)c4)CN(C(=O)C4CC(F)(F)C4)C3)CC2C1. The number of hydrogen-bond acceptors (Lipinski definition) is 5. The topological polar surface area (TPSA) is 69.6 Å². The van der Waals surface area contributed by atoms with E-state index in [0.29, 0.717) is 35.5 Å². The van der Waals surface area contributed by atoms with Crippen LogP contribution >= 0.6 is 11.6 Å². The molecule has 4 aliphatic rings. The molecule has 0 N–H and O–H groups in total. The molecule has 4 heterocycles. The van der Waals surface area contributed by atoms with E-state index in [4.69, 9.17) is 11.6 Å². The fourth-order valence-corrected chi connectivity index (χ4v) is 7.30. The van der Waals surface area contributed by atoms with Crippen LogP contribution in [0.1, 0.15) is 46.6 Å². The molecule has 3 aliphatic heterocycles. The Labute approximate surface area is 232 Å². The molecule has 2 atom stereocenters. The molecule has 7 nitrogen and oxygen atoms in total. The number of carbonyl (C=O) groups is 2. The molecule has 10 heteroatoms. The van der Waals surface area contributed by atoms with Crippen molar-refractivity contribution in [2.45, 2.75) is 44.4 Å². The number of likely N-dealkylation sites (tertiary alicyclic amines) is 3. The third kappa shape index (κ3) is 4.92. The summed E-state index contributed by atoms with van der Waals surface area (Å²) in [7, 11) is 0. The predicted octanol–water partition coefficient (Wildman–Crippen LogP) is 3.97. The molecular weight excluding hydrogens is 524 g/mol. The number of hydrogen-bond donors (Lipinski definition) is 0. The summed E-state index contributed by atoms with van der Waals surface area (Å²) in [5, 5.41) is 0.657. The van der Waals surface area contributed by atoms with Crippen molar-refractivity contribution in [3.63, 3.8) is 0 Å². The molecule has 39 heavy (non-hydrogen) atoms. The Morgan fingerprint density at radius 2 is 1.64 bits per heavy atom. The maximum Gasteiger partial charge on any atom is 0.257 e. The van der Waals surface area contributed by atoms with E-state index in [1.165, 1.54) is 6.33 Å². The van der Waals surface area contributed by atoms with Crippen molar-refractivity contribution in [3.05, 3.63) is 58.1 Å². The van der Waals surface area contributed by atoms with Crippen molar-refractivity contribution in [2.24, 2.45) is 17.8 Å². The van der Waals surface area contributed by atoms with Gasteiger partial charge in [0.05, 0.1) is 17.0 Å². The van der Waals surface area contributed by atoms with Crippen LogP contribution in [-0.4, -0.2) is 88.2 Å². The number of halogens is 3. The second-order valence-electron chi connectivity index (χ2n) is 12.1. The molecule has 3 saturated heterocycles. The van der Waals surface area contributed by atoms with Crippen LogP contribution in [-0.2, 0) is 10.2 Å². The first-order chi connectivity index (χ1) is 18.5. The Kier molecular flexibility index (Phi) is 6.65. The minimum absolute atomic E-state index is 0.0231. The number of benzene rings is 1. The average molecular weight is 558 g/mol. The summed E-state index contributed by atoms with van der Waals surface area (Å²) in [6.07, 6.45) is 1.69. The van der Waals surface area contributed by atoms with Gasteiger partial charge >= 0.3 is 0 Å². The third-order valence-electron chi connectivity index (χ3n) is 9.37. The van der Waals surface area contributed by atoms with Crippen LogP contribution in [0.4, 0.5) is 8.78 Å². The Bertz CT molecular complexity index is 1260. The molecule has 1 saturated carbocycles. The second-order valence-corrected chi connectivity index (χ2v) is 12.5. The molecule has 208 valence electrons. The lowest BCUT2D eigenvalue weighted by Gasteiger charge is -2.53. The van der Waals surface area contributed by atoms with E-state index in [0.717, 1.165) is 56.1 Å². The van der Waals surface area contributed by atoms with E-state index in [9.17, 15) is 18.4 Å². The number of nitrogens with zero attached hydrogens (tertiary/aromatic N) is 5. The summed E-state index contributed by atoms with van der Waals surface area (Å²) < 4.78 is 26.7. The first-order valence-electron chi connectivity index (χ1n) is 13.8. The van der Waals surface area contributed by atoms with Crippen LogP contribution in [0.2, 0.25) is 5.02 Å². The number of carbonyl (C=O) groups excluding carboxylic acids is 2. The average Bonchev–Trinajstić information content (AvgIpc) is 3.40. The monoisotopic (exact) mass is 557 g/mol. The fourth-order valence-electron chi connectivity index (χ4n) is 7.11. The lowest BCUT2D eigenvalue weighted by atomic mass is 9.69. The Balaban J connectivity index is 1.07. The van der Waals surface area contributed by atoms with Crippen LogP contribution in [0, 0.1) is 31.6 Å². The quantitative estimate of drug-likeness (QED) is 0.538. The van der Waals surface area contributed by atoms with Gasteiger partial charge in [-0.1, -0.05) is 23.7 Å². The highest BCUT2D eigenvalue weighted by molar-refractivity contribution is 6.30. The molecule has 1 aromatic heterocycles. The smallest absolute Gasteiger partial charge is 0.257 e. The van der Waals surface area contributed by atoms with Crippen molar-refractivity contribution in [2.75, 3.05) is 45.8 Å². The molecule has 0 spiro atoms. The van der Waals surface area contributed by atoms with Gasteiger partial charge in [-0.05, 0) is 56.3 Å². The van der Waals surface area contributed by atoms with Crippen molar-refractivity contribution >= 4 is 23.4 Å². The van der Waals surface area contributed by atoms with Gasteiger partial charge in [0.15, 0.2) is 0 Å². The molecular formula is C29H34ClF2N5O2. The van der Waals surface area contributed by atoms with Crippen LogP contribution in [0.5, 0.6) is 0 Å². The maximum atomic E-state index is 13.4. The van der Waals surface area contributed by atoms with E-state index in [2.05, 4.69) is 20.9 Å². The molecule has 0 radical (unpaired) electrons. The van der Waals surface area contributed by atoms with Gasteiger partial charge in [0.1, 0.15) is 6.33 Å². The van der Waals surface area contributed by atoms with Crippen LogP contribution in [0.25, 0.3) is 0 Å². The van der Waals surface area contributed by atoms with Crippen molar-refractivity contribution < 1.29 is 18.4 Å². The number of alkyl halides is 2. The molecule has 0 bridgehead atoms. The van der Waals surface area contributed by atoms with Crippen LogP contribution in [0.15, 0.2) is 30.6 Å². The number of amides is 2. The number of aryl methyl sites for hydroxylation is 2. The van der Waals surface area contributed by atoms with Gasteiger partial charge < -0.3 is 14.7 Å². The maximum absolute atomic E-state index is 13.4. The molecule has 1 aromatic carbocycles. The van der Waals surface area contributed by atoms with E-state index < -0.39 is 11.8 Å². The standard InChI is InChI=1S/C29H34ClF2N5O2/c1-18-25(19(2)34-17-33-18)27(39)36-13-21-11-35(12-22(21)14-36)7-6-28(23-4-3-5-24(30)8-23)15-37(16-28)26(38)20-9-29(31,32)10-20/h3-5,8,17,20-22H,6-7,9-16H2,1-2H3. The predicted molar refractivity (Wildman–Crippen MR) is 143 cm³/mol. The molecule has 2 aromatic rings. The summed E-state index contributed by atoms with van der Waals surface area (Å²) in [5.74, 6) is -2.52. The second kappa shape index (κ2) is 9.77. The van der Waals surface area contributed by atoms with Crippen molar-refractivity contribution in [3.8, 4) is 0 Å². The highest BCUT2D eigenvalue weighted by Crippen LogP contribution is 2.46. The lowest BCUT2D eigenvalue weighted by Crippen LogP contribution is -2.64.